The molecule has 1 aromatic carbocycles. The summed E-state index contributed by atoms with van der Waals surface area (Å²) >= 11 is 3.12. The van der Waals surface area contributed by atoms with Gasteiger partial charge in [-0.05, 0) is 63.8 Å². The number of fused-ring (bicyclic) bond motifs is 1. The Kier molecular flexibility index (Phi) is 5.23. The molecule has 156 valence electrons. The van der Waals surface area contributed by atoms with Crippen molar-refractivity contribution in [3.05, 3.63) is 63.8 Å². The molecule has 0 spiro atoms. The van der Waals surface area contributed by atoms with E-state index in [9.17, 15) is 4.79 Å². The number of hydrogen-bond acceptors (Lipinski definition) is 6. The van der Waals surface area contributed by atoms with Crippen molar-refractivity contribution < 1.29 is 4.74 Å². The van der Waals surface area contributed by atoms with Gasteiger partial charge in [0, 0.05) is 6.07 Å². The highest BCUT2D eigenvalue weighted by Crippen LogP contribution is 2.42. The fraction of sp³-hybridized carbons (Fsp3) is 0.318. The van der Waals surface area contributed by atoms with Gasteiger partial charge in [-0.1, -0.05) is 30.0 Å². The summed E-state index contributed by atoms with van der Waals surface area (Å²) < 4.78 is 7.66. The van der Waals surface area contributed by atoms with Crippen molar-refractivity contribution in [1.29, 1.82) is 0 Å². The predicted octanol–water partition coefficient (Wildman–Crippen LogP) is 5.18. The lowest BCUT2D eigenvalue weighted by atomic mass is 9.93. The minimum atomic E-state index is -0.528. The fourth-order valence-corrected chi connectivity index (χ4v) is 4.68. The maximum Gasteiger partial charge on any atom is 0.266 e. The average molecular weight is 441 g/mol. The van der Waals surface area contributed by atoms with E-state index in [1.807, 2.05) is 48.7 Å². The van der Waals surface area contributed by atoms with Gasteiger partial charge in [0.25, 0.3) is 5.56 Å². The Bertz CT molecular complexity index is 1240. The summed E-state index contributed by atoms with van der Waals surface area (Å²) in [4.78, 5) is 22.3. The molecule has 0 unspecified atom stereocenters. The molecule has 6 nitrogen and oxygen atoms in total. The zero-order valence-corrected chi connectivity index (χ0v) is 19.2. The maximum atomic E-state index is 12.0. The monoisotopic (exact) mass is 440 g/mol. The van der Waals surface area contributed by atoms with Crippen LogP contribution in [0.15, 0.2) is 57.8 Å². The number of aromatic nitrogens is 4. The Morgan fingerprint density at radius 3 is 2.60 bits per heavy atom. The molecule has 0 amide bonds. The topological polar surface area (TPSA) is 72.3 Å². The third kappa shape index (κ3) is 4.02. The maximum absolute atomic E-state index is 12.0. The van der Waals surface area contributed by atoms with Crippen LogP contribution in [-0.4, -0.2) is 29.9 Å². The number of aryl methyl sites for hydroxylation is 1. The molecule has 0 aliphatic heterocycles. The second-order valence-corrected chi connectivity index (χ2v) is 10.7. The lowest BCUT2D eigenvalue weighted by molar-refractivity contribution is 0.0767. The summed E-state index contributed by atoms with van der Waals surface area (Å²) in [6, 6.07) is 13.5. The molecular formula is C22H24N4O2S2. The first-order chi connectivity index (χ1) is 14.1. The molecule has 4 aromatic rings. The van der Waals surface area contributed by atoms with Crippen molar-refractivity contribution >= 4 is 28.7 Å². The number of benzene rings is 1. The fourth-order valence-electron chi connectivity index (χ4n) is 2.92. The van der Waals surface area contributed by atoms with Crippen molar-refractivity contribution in [3.63, 3.8) is 0 Å². The molecule has 8 heteroatoms. The number of rotatable bonds is 6. The molecule has 0 aliphatic carbocycles. The zero-order chi connectivity index (χ0) is 21.5. The standard InChI is InChI=1S/C22H24N4O2S2/c1-14-8-6-9-15(12-14)28-21(2,3)22(4,5)30-20-24-19(16-10-7-11-29-16)23-17-13-18(27)25-26(17)20/h6-13H,1-5H3,(H,25,27). The summed E-state index contributed by atoms with van der Waals surface area (Å²) in [5, 5.41) is 5.46. The van der Waals surface area contributed by atoms with E-state index in [-0.39, 0.29) is 10.3 Å². The molecule has 3 aromatic heterocycles. The van der Waals surface area contributed by atoms with Crippen LogP contribution in [0.3, 0.4) is 0 Å². The summed E-state index contributed by atoms with van der Waals surface area (Å²) in [7, 11) is 0. The van der Waals surface area contributed by atoms with E-state index in [4.69, 9.17) is 9.72 Å². The van der Waals surface area contributed by atoms with E-state index in [1.165, 1.54) is 6.07 Å². The molecule has 3 heterocycles. The van der Waals surface area contributed by atoms with Crippen LogP contribution in [0.25, 0.3) is 16.3 Å². The van der Waals surface area contributed by atoms with Crippen LogP contribution in [0.1, 0.15) is 33.3 Å². The zero-order valence-electron chi connectivity index (χ0n) is 17.6. The molecular weight excluding hydrogens is 416 g/mol. The molecule has 30 heavy (non-hydrogen) atoms. The summed E-state index contributed by atoms with van der Waals surface area (Å²) in [5.74, 6) is 1.44. The van der Waals surface area contributed by atoms with Gasteiger partial charge in [0.1, 0.15) is 11.4 Å². The molecule has 0 radical (unpaired) electrons. The lowest BCUT2D eigenvalue weighted by Crippen LogP contribution is -2.47. The Labute approximate surface area is 183 Å². The van der Waals surface area contributed by atoms with Crippen molar-refractivity contribution in [2.45, 2.75) is 50.1 Å². The van der Waals surface area contributed by atoms with Gasteiger partial charge in [-0.2, -0.15) is 0 Å². The summed E-state index contributed by atoms with van der Waals surface area (Å²) in [6.45, 7) is 10.4. The van der Waals surface area contributed by atoms with Crippen molar-refractivity contribution in [1.82, 2.24) is 19.6 Å². The largest absolute Gasteiger partial charge is 0.486 e. The lowest BCUT2D eigenvalue weighted by Gasteiger charge is -2.40. The van der Waals surface area contributed by atoms with E-state index >= 15 is 0 Å². The van der Waals surface area contributed by atoms with Gasteiger partial charge in [0.2, 0.25) is 0 Å². The second kappa shape index (κ2) is 7.59. The van der Waals surface area contributed by atoms with E-state index in [1.54, 1.807) is 27.6 Å². The van der Waals surface area contributed by atoms with Crippen LogP contribution in [0, 0.1) is 6.92 Å². The molecule has 0 saturated heterocycles. The molecule has 0 aliphatic rings. The second-order valence-electron chi connectivity index (χ2n) is 8.16. The van der Waals surface area contributed by atoms with Crippen molar-refractivity contribution in [2.75, 3.05) is 0 Å². The smallest absolute Gasteiger partial charge is 0.266 e. The van der Waals surface area contributed by atoms with Gasteiger partial charge in [0.05, 0.1) is 9.62 Å². The quantitative estimate of drug-likeness (QED) is 0.418. The van der Waals surface area contributed by atoms with Gasteiger partial charge in [0.15, 0.2) is 16.6 Å². The van der Waals surface area contributed by atoms with Gasteiger partial charge < -0.3 is 4.74 Å². The molecule has 0 fully saturated rings. The third-order valence-electron chi connectivity index (χ3n) is 5.23. The van der Waals surface area contributed by atoms with E-state index in [2.05, 4.69) is 37.8 Å². The van der Waals surface area contributed by atoms with Crippen LogP contribution < -0.4 is 10.3 Å². The molecule has 1 N–H and O–H groups in total. The first-order valence-corrected chi connectivity index (χ1v) is 11.3. The summed E-state index contributed by atoms with van der Waals surface area (Å²) in [5.41, 5.74) is 0.965. The van der Waals surface area contributed by atoms with Crippen molar-refractivity contribution in [3.8, 4) is 16.5 Å². The van der Waals surface area contributed by atoms with Gasteiger partial charge in [-0.15, -0.1) is 11.3 Å². The minimum Gasteiger partial charge on any atom is -0.486 e. The molecule has 0 saturated carbocycles. The Morgan fingerprint density at radius 1 is 1.10 bits per heavy atom. The highest BCUT2D eigenvalue weighted by Gasteiger charge is 2.41. The molecule has 0 bridgehead atoms. The number of thiophene rings is 1. The third-order valence-corrected chi connectivity index (χ3v) is 7.55. The predicted molar refractivity (Wildman–Crippen MR) is 123 cm³/mol. The number of hydrogen-bond donors (Lipinski definition) is 1. The highest BCUT2D eigenvalue weighted by atomic mass is 32.2. The van der Waals surface area contributed by atoms with Crippen LogP contribution in [0.4, 0.5) is 0 Å². The number of thioether (sulfide) groups is 1. The first-order valence-electron chi connectivity index (χ1n) is 9.63. The van der Waals surface area contributed by atoms with Gasteiger partial charge >= 0.3 is 0 Å². The highest BCUT2D eigenvalue weighted by molar-refractivity contribution is 8.00. The van der Waals surface area contributed by atoms with Crippen LogP contribution in [0.2, 0.25) is 0 Å². The number of nitrogens with one attached hydrogen (secondary N) is 1. The molecule has 4 rings (SSSR count). The minimum absolute atomic E-state index is 0.206. The number of H-pyrrole nitrogens is 1. The Morgan fingerprint density at radius 2 is 1.90 bits per heavy atom. The molecule has 0 atom stereocenters. The number of ether oxygens (including phenoxy) is 1. The first kappa shape index (κ1) is 20.7. The van der Waals surface area contributed by atoms with E-state index in [0.29, 0.717) is 16.6 Å². The van der Waals surface area contributed by atoms with Crippen LogP contribution in [0.5, 0.6) is 5.75 Å². The van der Waals surface area contributed by atoms with Crippen molar-refractivity contribution in [2.24, 2.45) is 0 Å². The Hall–Kier alpha value is -2.58. The van der Waals surface area contributed by atoms with Gasteiger partial charge in [-0.3, -0.25) is 9.89 Å². The van der Waals surface area contributed by atoms with Crippen LogP contribution in [-0.2, 0) is 0 Å². The number of aromatic amines is 1. The average Bonchev–Trinajstić information content (AvgIpc) is 3.29. The Balaban J connectivity index is 1.72. The van der Waals surface area contributed by atoms with Gasteiger partial charge in [-0.25, -0.2) is 14.5 Å². The van der Waals surface area contributed by atoms with E-state index in [0.717, 1.165) is 16.2 Å². The SMILES string of the molecule is Cc1cccc(OC(C)(C)C(C)(C)Sc2nc(-c3cccs3)nc3cc(=O)[nH]n23)c1. The van der Waals surface area contributed by atoms with Crippen LogP contribution >= 0.6 is 23.1 Å². The normalized spacial score (nSPS) is 12.4. The summed E-state index contributed by atoms with van der Waals surface area (Å²) in [6.07, 6.45) is 0. The van der Waals surface area contributed by atoms with E-state index < -0.39 is 5.60 Å². The number of nitrogens with zero attached hydrogens (tertiary/aromatic N) is 3.